The summed E-state index contributed by atoms with van der Waals surface area (Å²) in [6.07, 6.45) is 6.74. The monoisotopic (exact) mass is 216 g/mol. The molecular weight excluding hydrogens is 192 g/mol. The predicted octanol–water partition coefficient (Wildman–Crippen LogP) is 2.12. The molecular formula is C12H24O3. The Morgan fingerprint density at radius 3 is 2.93 bits per heavy atom. The Bertz CT molecular complexity index is 142. The lowest BCUT2D eigenvalue weighted by Crippen LogP contribution is -2.24. The first-order valence-corrected chi connectivity index (χ1v) is 6.16. The summed E-state index contributed by atoms with van der Waals surface area (Å²) in [5.41, 5.74) is 0. The molecule has 1 aliphatic rings. The minimum atomic E-state index is -0.174. The van der Waals surface area contributed by atoms with E-state index in [1.165, 1.54) is 12.8 Å². The molecule has 3 heteroatoms. The van der Waals surface area contributed by atoms with E-state index < -0.39 is 0 Å². The maximum atomic E-state index is 9.05. The van der Waals surface area contributed by atoms with Gasteiger partial charge in [0.2, 0.25) is 0 Å². The van der Waals surface area contributed by atoms with Crippen LogP contribution in [0.25, 0.3) is 0 Å². The van der Waals surface area contributed by atoms with Crippen molar-refractivity contribution < 1.29 is 14.6 Å². The van der Waals surface area contributed by atoms with Gasteiger partial charge in [-0.25, -0.2) is 0 Å². The van der Waals surface area contributed by atoms with E-state index in [1.807, 2.05) is 6.92 Å². The third kappa shape index (κ3) is 6.88. The molecule has 0 radical (unpaired) electrons. The van der Waals surface area contributed by atoms with Crippen molar-refractivity contribution >= 4 is 0 Å². The SMILES string of the molecule is CC(O)CCCCOCC1CCCCO1. The zero-order chi connectivity index (χ0) is 10.9. The van der Waals surface area contributed by atoms with Gasteiger partial charge in [-0.15, -0.1) is 0 Å². The number of ether oxygens (including phenoxy) is 2. The quantitative estimate of drug-likeness (QED) is 0.662. The van der Waals surface area contributed by atoms with Crippen molar-refractivity contribution in [1.82, 2.24) is 0 Å². The molecule has 0 saturated carbocycles. The van der Waals surface area contributed by atoms with Crippen LogP contribution in [0.4, 0.5) is 0 Å². The molecule has 0 bridgehead atoms. The van der Waals surface area contributed by atoms with Crippen LogP contribution < -0.4 is 0 Å². The van der Waals surface area contributed by atoms with Gasteiger partial charge in [-0.2, -0.15) is 0 Å². The molecule has 1 heterocycles. The van der Waals surface area contributed by atoms with Crippen molar-refractivity contribution in [3.63, 3.8) is 0 Å². The molecule has 1 fully saturated rings. The van der Waals surface area contributed by atoms with E-state index in [0.717, 1.165) is 45.5 Å². The smallest absolute Gasteiger partial charge is 0.0808 e. The van der Waals surface area contributed by atoms with Crippen molar-refractivity contribution in [2.75, 3.05) is 19.8 Å². The van der Waals surface area contributed by atoms with Gasteiger partial charge in [-0.05, 0) is 45.4 Å². The van der Waals surface area contributed by atoms with Crippen LogP contribution in [-0.2, 0) is 9.47 Å². The van der Waals surface area contributed by atoms with Gasteiger partial charge in [0, 0.05) is 13.2 Å². The van der Waals surface area contributed by atoms with Crippen molar-refractivity contribution in [1.29, 1.82) is 0 Å². The minimum Gasteiger partial charge on any atom is -0.393 e. The van der Waals surface area contributed by atoms with Crippen molar-refractivity contribution in [3.05, 3.63) is 0 Å². The van der Waals surface area contributed by atoms with Gasteiger partial charge < -0.3 is 14.6 Å². The third-order valence-electron chi connectivity index (χ3n) is 2.74. The lowest BCUT2D eigenvalue weighted by atomic mass is 10.1. The largest absolute Gasteiger partial charge is 0.393 e. The van der Waals surface area contributed by atoms with E-state index in [0.29, 0.717) is 6.10 Å². The van der Waals surface area contributed by atoms with Crippen LogP contribution >= 0.6 is 0 Å². The summed E-state index contributed by atoms with van der Waals surface area (Å²) in [6, 6.07) is 0. The van der Waals surface area contributed by atoms with Gasteiger partial charge in [0.1, 0.15) is 0 Å². The highest BCUT2D eigenvalue weighted by Gasteiger charge is 2.13. The Balaban J connectivity index is 1.83. The molecule has 15 heavy (non-hydrogen) atoms. The minimum absolute atomic E-state index is 0.174. The van der Waals surface area contributed by atoms with Crippen molar-refractivity contribution in [2.45, 2.75) is 57.7 Å². The summed E-state index contributed by atoms with van der Waals surface area (Å²) in [5, 5.41) is 9.05. The zero-order valence-corrected chi connectivity index (χ0v) is 9.78. The molecule has 1 saturated heterocycles. The average molecular weight is 216 g/mol. The normalized spacial score (nSPS) is 24.0. The second kappa shape index (κ2) is 8.08. The van der Waals surface area contributed by atoms with E-state index >= 15 is 0 Å². The Kier molecular flexibility index (Phi) is 6.98. The van der Waals surface area contributed by atoms with Crippen LogP contribution in [-0.4, -0.2) is 37.1 Å². The van der Waals surface area contributed by atoms with Gasteiger partial charge in [0.05, 0.1) is 18.8 Å². The summed E-state index contributed by atoms with van der Waals surface area (Å²) in [4.78, 5) is 0. The fraction of sp³-hybridized carbons (Fsp3) is 1.00. The van der Waals surface area contributed by atoms with Crippen molar-refractivity contribution in [2.24, 2.45) is 0 Å². The maximum absolute atomic E-state index is 9.05. The van der Waals surface area contributed by atoms with Crippen molar-refractivity contribution in [3.8, 4) is 0 Å². The lowest BCUT2D eigenvalue weighted by Gasteiger charge is -2.22. The highest BCUT2D eigenvalue weighted by atomic mass is 16.5. The van der Waals surface area contributed by atoms with E-state index in [9.17, 15) is 0 Å². The van der Waals surface area contributed by atoms with E-state index in [2.05, 4.69) is 0 Å². The van der Waals surface area contributed by atoms with Crippen LogP contribution in [0.2, 0.25) is 0 Å². The molecule has 1 rings (SSSR count). The van der Waals surface area contributed by atoms with Gasteiger partial charge in [0.25, 0.3) is 0 Å². The average Bonchev–Trinajstić information content (AvgIpc) is 2.24. The maximum Gasteiger partial charge on any atom is 0.0808 e. The molecule has 0 amide bonds. The molecule has 2 unspecified atom stereocenters. The standard InChI is InChI=1S/C12H24O3/c1-11(13)6-2-4-8-14-10-12-7-3-5-9-15-12/h11-13H,2-10H2,1H3. The van der Waals surface area contributed by atoms with Gasteiger partial charge >= 0.3 is 0 Å². The van der Waals surface area contributed by atoms with Crippen LogP contribution in [0.3, 0.4) is 0 Å². The Morgan fingerprint density at radius 1 is 1.40 bits per heavy atom. The molecule has 0 aromatic heterocycles. The summed E-state index contributed by atoms with van der Waals surface area (Å²) in [5.74, 6) is 0. The van der Waals surface area contributed by atoms with Crippen LogP contribution in [0.15, 0.2) is 0 Å². The topological polar surface area (TPSA) is 38.7 Å². The van der Waals surface area contributed by atoms with Crippen LogP contribution in [0.1, 0.15) is 45.4 Å². The number of hydrogen-bond acceptors (Lipinski definition) is 3. The fourth-order valence-corrected chi connectivity index (χ4v) is 1.80. The number of aliphatic hydroxyl groups is 1. The third-order valence-corrected chi connectivity index (χ3v) is 2.74. The van der Waals surface area contributed by atoms with Gasteiger partial charge in [-0.3, -0.25) is 0 Å². The highest BCUT2D eigenvalue weighted by molar-refractivity contribution is 4.62. The molecule has 2 atom stereocenters. The number of unbranched alkanes of at least 4 members (excludes halogenated alkanes) is 1. The highest BCUT2D eigenvalue weighted by Crippen LogP contribution is 2.12. The van der Waals surface area contributed by atoms with Gasteiger partial charge in [-0.1, -0.05) is 0 Å². The number of aliphatic hydroxyl groups excluding tert-OH is 1. The molecule has 0 aromatic rings. The summed E-state index contributed by atoms with van der Waals surface area (Å²) >= 11 is 0. The molecule has 0 spiro atoms. The molecule has 1 aliphatic heterocycles. The predicted molar refractivity (Wildman–Crippen MR) is 59.9 cm³/mol. The first-order chi connectivity index (χ1) is 7.29. The molecule has 3 nitrogen and oxygen atoms in total. The molecule has 1 N–H and O–H groups in total. The molecule has 0 aliphatic carbocycles. The summed E-state index contributed by atoms with van der Waals surface area (Å²) in [6.45, 7) is 4.27. The Morgan fingerprint density at radius 2 is 2.27 bits per heavy atom. The first kappa shape index (κ1) is 12.9. The Labute approximate surface area is 92.8 Å². The molecule has 90 valence electrons. The van der Waals surface area contributed by atoms with Crippen LogP contribution in [0.5, 0.6) is 0 Å². The first-order valence-electron chi connectivity index (χ1n) is 6.16. The fourth-order valence-electron chi connectivity index (χ4n) is 1.80. The van der Waals surface area contributed by atoms with E-state index in [-0.39, 0.29) is 6.10 Å². The molecule has 0 aromatic carbocycles. The van der Waals surface area contributed by atoms with E-state index in [4.69, 9.17) is 14.6 Å². The summed E-state index contributed by atoms with van der Waals surface area (Å²) in [7, 11) is 0. The number of rotatable bonds is 7. The second-order valence-corrected chi connectivity index (χ2v) is 4.41. The second-order valence-electron chi connectivity index (χ2n) is 4.41. The number of hydrogen-bond donors (Lipinski definition) is 1. The van der Waals surface area contributed by atoms with E-state index in [1.54, 1.807) is 0 Å². The summed E-state index contributed by atoms with van der Waals surface area (Å²) < 4.78 is 11.1. The van der Waals surface area contributed by atoms with Gasteiger partial charge in [0.15, 0.2) is 0 Å². The zero-order valence-electron chi connectivity index (χ0n) is 9.78. The van der Waals surface area contributed by atoms with Crippen LogP contribution in [0, 0.1) is 0 Å². The Hall–Kier alpha value is -0.120. The lowest BCUT2D eigenvalue weighted by molar-refractivity contribution is -0.0413.